The number of fused-ring (bicyclic) bond motifs is 1. The van der Waals surface area contributed by atoms with E-state index in [1.54, 1.807) is 31.3 Å². The SMILES string of the molecule is CC1CS(=O)(=O)CCN1NS(=O)(=O)c1ccc2[nH]ccc2c1. The highest BCUT2D eigenvalue weighted by Crippen LogP contribution is 2.19. The van der Waals surface area contributed by atoms with Crippen LogP contribution in [0.1, 0.15) is 6.92 Å². The highest BCUT2D eigenvalue weighted by atomic mass is 32.2. The fraction of sp³-hybridized carbons (Fsp3) is 0.385. The van der Waals surface area contributed by atoms with Crippen molar-refractivity contribution in [1.82, 2.24) is 14.8 Å². The van der Waals surface area contributed by atoms with E-state index in [1.807, 2.05) is 0 Å². The van der Waals surface area contributed by atoms with Gasteiger partial charge in [0.15, 0.2) is 9.84 Å². The number of aromatic nitrogens is 1. The van der Waals surface area contributed by atoms with Gasteiger partial charge in [-0.05, 0) is 31.2 Å². The topological polar surface area (TPSA) is 99.3 Å². The van der Waals surface area contributed by atoms with Crippen molar-refractivity contribution in [3.05, 3.63) is 30.5 Å². The van der Waals surface area contributed by atoms with E-state index in [4.69, 9.17) is 0 Å². The third-order valence-electron chi connectivity index (χ3n) is 3.74. The first-order chi connectivity index (χ1) is 10.3. The van der Waals surface area contributed by atoms with E-state index in [-0.39, 0.29) is 22.9 Å². The smallest absolute Gasteiger partial charge is 0.253 e. The molecule has 1 atom stereocenters. The van der Waals surface area contributed by atoms with E-state index in [0.717, 1.165) is 10.9 Å². The van der Waals surface area contributed by atoms with Crippen LogP contribution in [-0.2, 0) is 19.9 Å². The number of benzene rings is 1. The standard InChI is InChI=1S/C13H17N3O4S2/c1-10-9-21(17,18)7-6-16(10)15-22(19,20)12-2-3-13-11(8-12)4-5-14-13/h2-5,8,10,14-15H,6-7,9H2,1H3. The van der Waals surface area contributed by atoms with Gasteiger partial charge in [-0.15, -0.1) is 4.83 Å². The molecule has 0 saturated carbocycles. The van der Waals surface area contributed by atoms with Crippen molar-refractivity contribution in [2.45, 2.75) is 17.9 Å². The minimum Gasteiger partial charge on any atom is -0.361 e. The number of hydrogen-bond acceptors (Lipinski definition) is 5. The summed E-state index contributed by atoms with van der Waals surface area (Å²) in [5.74, 6) is -0.0942. The van der Waals surface area contributed by atoms with Crippen LogP contribution in [0.4, 0.5) is 0 Å². The molecule has 1 saturated heterocycles. The Morgan fingerprint density at radius 1 is 1.32 bits per heavy atom. The molecule has 1 aromatic heterocycles. The Balaban J connectivity index is 1.84. The van der Waals surface area contributed by atoms with Gasteiger partial charge < -0.3 is 4.98 Å². The van der Waals surface area contributed by atoms with Crippen LogP contribution in [0.3, 0.4) is 0 Å². The summed E-state index contributed by atoms with van der Waals surface area (Å²) >= 11 is 0. The molecule has 1 aromatic carbocycles. The molecule has 2 heterocycles. The molecule has 0 aliphatic carbocycles. The maximum Gasteiger partial charge on any atom is 0.253 e. The van der Waals surface area contributed by atoms with Crippen molar-refractivity contribution in [2.24, 2.45) is 0 Å². The quantitative estimate of drug-likeness (QED) is 0.844. The molecule has 2 aromatic rings. The molecule has 0 spiro atoms. The minimum absolute atomic E-state index is 0.0449. The van der Waals surface area contributed by atoms with Crippen molar-refractivity contribution in [3.8, 4) is 0 Å². The van der Waals surface area contributed by atoms with Crippen molar-refractivity contribution < 1.29 is 16.8 Å². The zero-order chi connectivity index (χ0) is 16.0. The van der Waals surface area contributed by atoms with E-state index in [0.29, 0.717) is 0 Å². The van der Waals surface area contributed by atoms with Gasteiger partial charge in [0.2, 0.25) is 0 Å². The highest BCUT2D eigenvalue weighted by molar-refractivity contribution is 7.91. The Morgan fingerprint density at radius 3 is 2.82 bits per heavy atom. The number of sulfone groups is 1. The third kappa shape index (κ3) is 3.02. The first-order valence-electron chi connectivity index (χ1n) is 6.83. The number of rotatable bonds is 3. The average Bonchev–Trinajstić information content (AvgIpc) is 2.89. The molecular weight excluding hydrogens is 326 g/mol. The molecule has 9 heteroatoms. The lowest BCUT2D eigenvalue weighted by molar-refractivity contribution is 0.195. The molecule has 2 N–H and O–H groups in total. The summed E-state index contributed by atoms with van der Waals surface area (Å²) in [7, 11) is -6.82. The van der Waals surface area contributed by atoms with Crippen molar-refractivity contribution in [2.75, 3.05) is 18.1 Å². The number of hydrogen-bond donors (Lipinski definition) is 2. The second-order valence-electron chi connectivity index (χ2n) is 5.48. The Morgan fingerprint density at radius 2 is 2.09 bits per heavy atom. The van der Waals surface area contributed by atoms with Crippen molar-refractivity contribution in [1.29, 1.82) is 0 Å². The van der Waals surface area contributed by atoms with Gasteiger partial charge in [-0.2, -0.15) is 0 Å². The number of sulfonamides is 1. The Labute approximate surface area is 129 Å². The van der Waals surface area contributed by atoms with E-state index in [9.17, 15) is 16.8 Å². The number of nitrogens with zero attached hydrogens (tertiary/aromatic N) is 1. The molecule has 1 fully saturated rings. The van der Waals surface area contributed by atoms with E-state index in [2.05, 4.69) is 9.82 Å². The summed E-state index contributed by atoms with van der Waals surface area (Å²) in [5, 5.41) is 2.27. The maximum atomic E-state index is 12.5. The zero-order valence-electron chi connectivity index (χ0n) is 12.0. The van der Waals surface area contributed by atoms with Crippen LogP contribution in [0, 0.1) is 0 Å². The predicted molar refractivity (Wildman–Crippen MR) is 83.4 cm³/mol. The minimum atomic E-state index is -3.73. The molecular formula is C13H17N3O4S2. The molecule has 1 aliphatic rings. The molecule has 0 radical (unpaired) electrons. The number of hydrazine groups is 1. The molecule has 22 heavy (non-hydrogen) atoms. The fourth-order valence-electron chi connectivity index (χ4n) is 2.54. The van der Waals surface area contributed by atoms with Gasteiger partial charge in [-0.1, -0.05) is 0 Å². The van der Waals surface area contributed by atoms with Crippen LogP contribution < -0.4 is 4.83 Å². The Kier molecular flexibility index (Phi) is 3.76. The first-order valence-corrected chi connectivity index (χ1v) is 10.1. The van der Waals surface area contributed by atoms with Crippen LogP contribution in [0.15, 0.2) is 35.4 Å². The lowest BCUT2D eigenvalue weighted by atomic mass is 10.2. The van der Waals surface area contributed by atoms with Crippen LogP contribution in [0.2, 0.25) is 0 Å². The zero-order valence-corrected chi connectivity index (χ0v) is 13.6. The predicted octanol–water partition coefficient (Wildman–Crippen LogP) is 0.480. The largest absolute Gasteiger partial charge is 0.361 e. The van der Waals surface area contributed by atoms with E-state index < -0.39 is 25.9 Å². The van der Waals surface area contributed by atoms with Crippen LogP contribution in [-0.4, -0.2) is 50.9 Å². The summed E-state index contributed by atoms with van der Waals surface area (Å²) in [4.78, 5) is 5.64. The number of H-pyrrole nitrogens is 1. The highest BCUT2D eigenvalue weighted by Gasteiger charge is 2.31. The molecule has 1 aliphatic heterocycles. The summed E-state index contributed by atoms with van der Waals surface area (Å²) in [6.07, 6.45) is 1.74. The van der Waals surface area contributed by atoms with Crippen LogP contribution in [0.25, 0.3) is 10.9 Å². The van der Waals surface area contributed by atoms with E-state index >= 15 is 0 Å². The van der Waals surface area contributed by atoms with Gasteiger partial charge in [0.1, 0.15) is 0 Å². The van der Waals surface area contributed by atoms with Gasteiger partial charge in [0, 0.05) is 29.7 Å². The summed E-state index contributed by atoms with van der Waals surface area (Å²) < 4.78 is 48.0. The first kappa shape index (κ1) is 15.5. The van der Waals surface area contributed by atoms with Gasteiger partial charge in [0.05, 0.1) is 16.4 Å². The maximum absolute atomic E-state index is 12.5. The summed E-state index contributed by atoms with van der Waals surface area (Å²) in [6.45, 7) is 1.84. The number of nitrogens with one attached hydrogen (secondary N) is 2. The molecule has 7 nitrogen and oxygen atoms in total. The molecule has 0 bridgehead atoms. The Bertz CT molecular complexity index is 902. The summed E-state index contributed by atoms with van der Waals surface area (Å²) in [5.41, 5.74) is 0.858. The fourth-order valence-corrected chi connectivity index (χ4v) is 5.31. The van der Waals surface area contributed by atoms with Crippen molar-refractivity contribution >= 4 is 30.8 Å². The van der Waals surface area contributed by atoms with Crippen LogP contribution >= 0.6 is 0 Å². The van der Waals surface area contributed by atoms with E-state index in [1.165, 1.54) is 11.1 Å². The number of aromatic amines is 1. The monoisotopic (exact) mass is 343 g/mol. The lowest BCUT2D eigenvalue weighted by Gasteiger charge is -2.32. The second-order valence-corrected chi connectivity index (χ2v) is 9.37. The molecule has 3 rings (SSSR count). The molecule has 1 unspecified atom stereocenters. The van der Waals surface area contributed by atoms with Crippen LogP contribution in [0.5, 0.6) is 0 Å². The normalized spacial score (nSPS) is 22.9. The molecule has 120 valence electrons. The van der Waals surface area contributed by atoms with Gasteiger partial charge in [-0.25, -0.2) is 21.8 Å². The van der Waals surface area contributed by atoms with Gasteiger partial charge in [-0.3, -0.25) is 0 Å². The van der Waals surface area contributed by atoms with Gasteiger partial charge in [0.25, 0.3) is 10.0 Å². The summed E-state index contributed by atoms with van der Waals surface area (Å²) in [6, 6.07) is 6.20. The average molecular weight is 343 g/mol. The van der Waals surface area contributed by atoms with Gasteiger partial charge >= 0.3 is 0 Å². The second kappa shape index (κ2) is 5.34. The van der Waals surface area contributed by atoms with Crippen molar-refractivity contribution in [3.63, 3.8) is 0 Å². The third-order valence-corrected chi connectivity index (χ3v) is 6.89. The Hall–Kier alpha value is -1.42. The lowest BCUT2D eigenvalue weighted by Crippen LogP contribution is -2.55. The molecule has 0 amide bonds.